The summed E-state index contributed by atoms with van der Waals surface area (Å²) >= 11 is 12.1. The first-order valence-corrected chi connectivity index (χ1v) is 11.6. The van der Waals surface area contributed by atoms with Crippen LogP contribution in [0.5, 0.6) is 0 Å². The first kappa shape index (κ1) is 22.5. The lowest BCUT2D eigenvalue weighted by Crippen LogP contribution is -2.61. The topological polar surface area (TPSA) is 104 Å². The third kappa shape index (κ3) is 3.03. The molecule has 1 amide bonds. The van der Waals surface area contributed by atoms with Gasteiger partial charge in [0, 0.05) is 23.2 Å². The minimum absolute atomic E-state index is 0.0340. The van der Waals surface area contributed by atoms with Crippen molar-refractivity contribution < 1.29 is 19.1 Å². The molecule has 33 heavy (non-hydrogen) atoms. The van der Waals surface area contributed by atoms with Crippen molar-refractivity contribution in [3.8, 4) is 0 Å². The second-order valence-electron chi connectivity index (χ2n) is 9.98. The van der Waals surface area contributed by atoms with E-state index in [1.165, 1.54) is 12.3 Å². The average Bonchev–Trinajstić information content (AvgIpc) is 3.20. The van der Waals surface area contributed by atoms with Crippen molar-refractivity contribution in [1.82, 2.24) is 15.3 Å². The van der Waals surface area contributed by atoms with Crippen molar-refractivity contribution in [2.24, 2.45) is 5.41 Å². The second-order valence-corrected chi connectivity index (χ2v) is 10.7. The zero-order chi connectivity index (χ0) is 23.8. The van der Waals surface area contributed by atoms with E-state index in [-0.39, 0.29) is 27.1 Å². The zero-order valence-electron chi connectivity index (χ0n) is 18.1. The number of nitrogens with zero attached hydrogens (tertiary/aromatic N) is 2. The highest BCUT2D eigenvalue weighted by atomic mass is 35.5. The molecule has 174 valence electrons. The summed E-state index contributed by atoms with van der Waals surface area (Å²) in [5, 5.41) is 16.2. The highest BCUT2D eigenvalue weighted by Crippen LogP contribution is 2.63. The maximum atomic E-state index is 15.4. The molecule has 2 aliphatic heterocycles. The lowest BCUT2D eigenvalue weighted by Gasteiger charge is -2.50. The molecule has 1 saturated carbocycles. The lowest BCUT2D eigenvalue weighted by atomic mass is 9.53. The monoisotopic (exact) mass is 492 g/mol. The molecular formula is C23H23Cl2FN4O3. The van der Waals surface area contributed by atoms with E-state index in [1.54, 1.807) is 12.1 Å². The molecule has 1 aliphatic carbocycles. The maximum absolute atomic E-state index is 15.4. The molecule has 3 aliphatic rings. The van der Waals surface area contributed by atoms with Gasteiger partial charge < -0.3 is 10.4 Å². The van der Waals surface area contributed by atoms with Crippen LogP contribution in [0.1, 0.15) is 56.6 Å². The van der Waals surface area contributed by atoms with Crippen LogP contribution in [-0.2, 0) is 15.0 Å². The standard InChI is InChI=1S/C23H23Cl2FN4O3/c1-21(2)6-8-22(9-7-21)23(12-3-4-13(24)28-18(12)29-20(23)33)14(16(30-22)19(31)32)11-5-10-27-17(25)15(11)26/h3-5,10,14,16,30H,6-9H2,1-2H3,(H,31,32)(H,28,29,33). The number of aromatic nitrogens is 2. The Morgan fingerprint density at radius 3 is 2.55 bits per heavy atom. The van der Waals surface area contributed by atoms with Crippen LogP contribution in [0, 0.1) is 11.2 Å². The number of halogens is 3. The first-order chi connectivity index (χ1) is 15.5. The molecule has 2 aromatic heterocycles. The third-order valence-corrected chi connectivity index (χ3v) is 8.27. The summed E-state index contributed by atoms with van der Waals surface area (Å²) in [6, 6.07) is 3.45. The molecule has 0 bridgehead atoms. The summed E-state index contributed by atoms with van der Waals surface area (Å²) < 4.78 is 15.4. The summed E-state index contributed by atoms with van der Waals surface area (Å²) in [5.74, 6) is -3.22. The number of hydrogen-bond donors (Lipinski definition) is 3. The number of carboxylic acid groups (broad SMARTS) is 1. The molecule has 3 atom stereocenters. The number of amides is 1. The average molecular weight is 493 g/mol. The second kappa shape index (κ2) is 7.35. The number of anilines is 1. The van der Waals surface area contributed by atoms with Crippen LogP contribution in [0.2, 0.25) is 10.3 Å². The Morgan fingerprint density at radius 2 is 1.88 bits per heavy atom. The highest BCUT2D eigenvalue weighted by molar-refractivity contribution is 6.30. The number of fused-ring (bicyclic) bond motifs is 3. The molecule has 1 saturated heterocycles. The Kier molecular flexibility index (Phi) is 5.01. The van der Waals surface area contributed by atoms with E-state index in [9.17, 15) is 14.7 Å². The van der Waals surface area contributed by atoms with E-state index in [0.717, 1.165) is 12.8 Å². The number of rotatable bonds is 2. The van der Waals surface area contributed by atoms with Gasteiger partial charge in [-0.25, -0.2) is 14.4 Å². The van der Waals surface area contributed by atoms with E-state index in [0.29, 0.717) is 18.4 Å². The summed E-state index contributed by atoms with van der Waals surface area (Å²) in [4.78, 5) is 34.6. The van der Waals surface area contributed by atoms with Crippen molar-refractivity contribution in [1.29, 1.82) is 0 Å². The van der Waals surface area contributed by atoms with E-state index >= 15 is 4.39 Å². The minimum Gasteiger partial charge on any atom is -0.480 e. The van der Waals surface area contributed by atoms with Crippen LogP contribution >= 0.6 is 23.2 Å². The SMILES string of the molecule is CC1(C)CCC2(CC1)NC(C(=O)O)C(c1ccnc(Cl)c1F)C21C(=O)Nc2nc(Cl)ccc21. The lowest BCUT2D eigenvalue weighted by molar-refractivity contribution is -0.139. The predicted octanol–water partition coefficient (Wildman–Crippen LogP) is 4.29. The molecule has 10 heteroatoms. The Balaban J connectivity index is 1.83. The summed E-state index contributed by atoms with van der Waals surface area (Å²) in [6.45, 7) is 4.31. The number of carboxylic acids is 1. The van der Waals surface area contributed by atoms with E-state index in [4.69, 9.17) is 23.2 Å². The van der Waals surface area contributed by atoms with Gasteiger partial charge in [0.1, 0.15) is 22.4 Å². The van der Waals surface area contributed by atoms with Crippen LogP contribution in [0.25, 0.3) is 0 Å². The molecule has 2 aromatic rings. The predicted molar refractivity (Wildman–Crippen MR) is 121 cm³/mol. The third-order valence-electron chi connectivity index (χ3n) is 7.80. The number of carbonyl (C=O) groups excluding carboxylic acids is 1. The quantitative estimate of drug-likeness (QED) is 0.540. The number of aliphatic carboxylic acids is 1. The molecule has 2 fully saturated rings. The molecule has 3 unspecified atom stereocenters. The van der Waals surface area contributed by atoms with Crippen molar-refractivity contribution in [3.63, 3.8) is 0 Å². The van der Waals surface area contributed by atoms with Gasteiger partial charge in [-0.1, -0.05) is 43.1 Å². The molecule has 7 nitrogen and oxygen atoms in total. The molecular weight excluding hydrogens is 470 g/mol. The number of pyridine rings is 2. The zero-order valence-corrected chi connectivity index (χ0v) is 19.6. The molecule has 0 aromatic carbocycles. The van der Waals surface area contributed by atoms with Gasteiger partial charge in [-0.2, -0.15) is 0 Å². The van der Waals surface area contributed by atoms with Gasteiger partial charge in [0.15, 0.2) is 11.0 Å². The maximum Gasteiger partial charge on any atom is 0.321 e. The van der Waals surface area contributed by atoms with Gasteiger partial charge in [0.25, 0.3) is 0 Å². The Bertz CT molecular complexity index is 1180. The number of carbonyl (C=O) groups is 2. The van der Waals surface area contributed by atoms with E-state index in [1.807, 2.05) is 0 Å². The number of nitrogens with one attached hydrogen (secondary N) is 2. The largest absolute Gasteiger partial charge is 0.480 e. The van der Waals surface area contributed by atoms with Crippen molar-refractivity contribution in [2.75, 3.05) is 5.32 Å². The van der Waals surface area contributed by atoms with Crippen LogP contribution in [0.4, 0.5) is 10.2 Å². The smallest absolute Gasteiger partial charge is 0.321 e. The van der Waals surface area contributed by atoms with Gasteiger partial charge in [0.2, 0.25) is 5.91 Å². The molecule has 5 rings (SSSR count). The van der Waals surface area contributed by atoms with Crippen molar-refractivity contribution in [2.45, 2.75) is 62.4 Å². The fourth-order valence-electron chi connectivity index (χ4n) is 6.19. The van der Waals surface area contributed by atoms with Gasteiger partial charge in [-0.15, -0.1) is 0 Å². The molecule has 4 heterocycles. The van der Waals surface area contributed by atoms with Gasteiger partial charge in [0.05, 0.1) is 0 Å². The van der Waals surface area contributed by atoms with Crippen LogP contribution in [-0.4, -0.2) is 38.5 Å². The fourth-order valence-corrected chi connectivity index (χ4v) is 6.50. The van der Waals surface area contributed by atoms with Gasteiger partial charge >= 0.3 is 5.97 Å². The van der Waals surface area contributed by atoms with Gasteiger partial charge in [-0.3, -0.25) is 14.9 Å². The Morgan fingerprint density at radius 1 is 1.18 bits per heavy atom. The molecule has 2 spiro atoms. The van der Waals surface area contributed by atoms with Crippen LogP contribution in [0.3, 0.4) is 0 Å². The van der Waals surface area contributed by atoms with Gasteiger partial charge in [-0.05, 0) is 48.8 Å². The fraction of sp³-hybridized carbons (Fsp3) is 0.478. The minimum atomic E-state index is -1.43. The van der Waals surface area contributed by atoms with E-state index < -0.39 is 40.6 Å². The van der Waals surface area contributed by atoms with Crippen LogP contribution in [0.15, 0.2) is 24.4 Å². The summed E-state index contributed by atoms with van der Waals surface area (Å²) in [6.07, 6.45) is 3.94. The molecule has 0 radical (unpaired) electrons. The normalized spacial score (nSPS) is 29.3. The highest BCUT2D eigenvalue weighted by Gasteiger charge is 2.73. The Labute approximate surface area is 200 Å². The van der Waals surface area contributed by atoms with Crippen molar-refractivity contribution in [3.05, 3.63) is 51.6 Å². The number of hydrogen-bond acceptors (Lipinski definition) is 5. The summed E-state index contributed by atoms with van der Waals surface area (Å²) in [5.41, 5.74) is -1.76. The van der Waals surface area contributed by atoms with Crippen LogP contribution < -0.4 is 10.6 Å². The molecule has 3 N–H and O–H groups in total. The first-order valence-electron chi connectivity index (χ1n) is 10.8. The van der Waals surface area contributed by atoms with E-state index in [2.05, 4.69) is 34.4 Å². The Hall–Kier alpha value is -2.29. The summed E-state index contributed by atoms with van der Waals surface area (Å²) in [7, 11) is 0. The van der Waals surface area contributed by atoms with Crippen molar-refractivity contribution >= 4 is 40.9 Å².